The van der Waals surface area contributed by atoms with E-state index in [-0.39, 0.29) is 5.41 Å². The normalized spacial score (nSPS) is 14.9. The second-order valence-corrected chi connectivity index (χ2v) is 9.14. The average Bonchev–Trinajstić information content (AvgIpc) is 2.79. The van der Waals surface area contributed by atoms with E-state index in [0.717, 1.165) is 43.2 Å². The van der Waals surface area contributed by atoms with Gasteiger partial charge in [-0.05, 0) is 71.0 Å². The quantitative estimate of drug-likeness (QED) is 0.424. The number of nitrogens with zero attached hydrogens (tertiary/aromatic N) is 3. The smallest absolute Gasteiger partial charge is 0.0886 e. The minimum atomic E-state index is 0.141. The lowest BCUT2D eigenvalue weighted by atomic mass is 9.87. The molecule has 160 valence electrons. The summed E-state index contributed by atoms with van der Waals surface area (Å²) in [6, 6.07) is 23.5. The summed E-state index contributed by atoms with van der Waals surface area (Å²) in [6.07, 6.45) is 0. The average molecular weight is 414 g/mol. The lowest BCUT2D eigenvalue weighted by Crippen LogP contribution is -2.36. The molecule has 3 aromatic rings. The lowest BCUT2D eigenvalue weighted by molar-refractivity contribution is 0.122. The number of benzene rings is 3. The molecule has 3 aromatic carbocycles. The van der Waals surface area contributed by atoms with Crippen LogP contribution in [-0.2, 0) is 10.2 Å². The molecule has 0 N–H and O–H groups in total. The van der Waals surface area contributed by atoms with Crippen molar-refractivity contribution < 1.29 is 4.74 Å². The van der Waals surface area contributed by atoms with Crippen LogP contribution in [0.25, 0.3) is 11.1 Å². The van der Waals surface area contributed by atoms with Gasteiger partial charge in [-0.15, -0.1) is 0 Å². The summed E-state index contributed by atoms with van der Waals surface area (Å²) in [6.45, 7) is 12.2. The Bertz CT molecular complexity index is 1040. The molecule has 1 saturated heterocycles. The van der Waals surface area contributed by atoms with E-state index in [4.69, 9.17) is 4.74 Å². The molecule has 1 fully saturated rings. The standard InChI is InChI=1S/C27H31N3O/c1-20-19-22(21-5-12-25(13-6-21)30-15-17-31-18-16-30)7-14-26(20)29-28-24-10-8-23(9-11-24)27(2,3)4/h5-14,19H,15-18H2,1-4H3. The number of morpholine rings is 1. The van der Waals surface area contributed by atoms with Crippen molar-refractivity contribution in [3.63, 3.8) is 0 Å². The fraction of sp³-hybridized carbons (Fsp3) is 0.333. The van der Waals surface area contributed by atoms with Crippen LogP contribution in [-0.4, -0.2) is 26.3 Å². The van der Waals surface area contributed by atoms with Gasteiger partial charge in [0.25, 0.3) is 0 Å². The van der Waals surface area contributed by atoms with Crippen LogP contribution in [0.5, 0.6) is 0 Å². The van der Waals surface area contributed by atoms with Crippen molar-refractivity contribution in [1.82, 2.24) is 0 Å². The van der Waals surface area contributed by atoms with E-state index < -0.39 is 0 Å². The van der Waals surface area contributed by atoms with E-state index in [2.05, 4.69) is 91.4 Å². The number of hydrogen-bond donors (Lipinski definition) is 0. The van der Waals surface area contributed by atoms with Gasteiger partial charge >= 0.3 is 0 Å². The van der Waals surface area contributed by atoms with Crippen LogP contribution in [0.2, 0.25) is 0 Å². The molecule has 1 heterocycles. The Labute approximate surface area is 185 Å². The Morgan fingerprint density at radius 3 is 2.03 bits per heavy atom. The predicted molar refractivity (Wildman–Crippen MR) is 129 cm³/mol. The second-order valence-electron chi connectivity index (χ2n) is 9.14. The van der Waals surface area contributed by atoms with Gasteiger partial charge in [-0.1, -0.05) is 51.1 Å². The summed E-state index contributed by atoms with van der Waals surface area (Å²) in [5.74, 6) is 0. The molecule has 4 heteroatoms. The van der Waals surface area contributed by atoms with Gasteiger partial charge in [-0.25, -0.2) is 0 Å². The van der Waals surface area contributed by atoms with E-state index in [1.54, 1.807) is 0 Å². The maximum absolute atomic E-state index is 5.45. The molecule has 0 aromatic heterocycles. The first-order valence-electron chi connectivity index (χ1n) is 11.0. The molecule has 0 atom stereocenters. The van der Waals surface area contributed by atoms with Crippen molar-refractivity contribution in [2.75, 3.05) is 31.2 Å². The number of anilines is 1. The van der Waals surface area contributed by atoms with Crippen LogP contribution in [0.1, 0.15) is 31.9 Å². The first-order valence-corrected chi connectivity index (χ1v) is 11.0. The zero-order chi connectivity index (χ0) is 21.8. The summed E-state index contributed by atoms with van der Waals surface area (Å²) in [5.41, 5.74) is 7.98. The Morgan fingerprint density at radius 2 is 1.42 bits per heavy atom. The van der Waals surface area contributed by atoms with Gasteiger partial charge < -0.3 is 9.64 Å². The molecule has 0 spiro atoms. The van der Waals surface area contributed by atoms with Crippen molar-refractivity contribution in [2.45, 2.75) is 33.1 Å². The van der Waals surface area contributed by atoms with E-state index in [1.165, 1.54) is 22.4 Å². The molecule has 4 nitrogen and oxygen atoms in total. The highest BCUT2D eigenvalue weighted by atomic mass is 16.5. The third-order valence-electron chi connectivity index (χ3n) is 5.78. The molecular weight excluding hydrogens is 382 g/mol. The van der Waals surface area contributed by atoms with Gasteiger partial charge in [0.05, 0.1) is 24.6 Å². The fourth-order valence-corrected chi connectivity index (χ4v) is 3.77. The van der Waals surface area contributed by atoms with Gasteiger partial charge in [0.2, 0.25) is 0 Å². The second kappa shape index (κ2) is 9.03. The highest BCUT2D eigenvalue weighted by molar-refractivity contribution is 5.69. The molecular formula is C27H31N3O. The fourth-order valence-electron chi connectivity index (χ4n) is 3.77. The summed E-state index contributed by atoms with van der Waals surface area (Å²) >= 11 is 0. The molecule has 1 aliphatic heterocycles. The van der Waals surface area contributed by atoms with Gasteiger partial charge in [0.1, 0.15) is 0 Å². The maximum atomic E-state index is 5.45. The number of ether oxygens (including phenoxy) is 1. The van der Waals surface area contributed by atoms with E-state index in [1.807, 2.05) is 18.2 Å². The van der Waals surface area contributed by atoms with E-state index >= 15 is 0 Å². The molecule has 0 bridgehead atoms. The summed E-state index contributed by atoms with van der Waals surface area (Å²) in [7, 11) is 0. The highest BCUT2D eigenvalue weighted by Gasteiger charge is 2.13. The lowest BCUT2D eigenvalue weighted by Gasteiger charge is -2.28. The third-order valence-corrected chi connectivity index (χ3v) is 5.78. The maximum Gasteiger partial charge on any atom is 0.0886 e. The van der Waals surface area contributed by atoms with Crippen molar-refractivity contribution in [2.24, 2.45) is 10.2 Å². The third kappa shape index (κ3) is 5.20. The zero-order valence-corrected chi connectivity index (χ0v) is 18.9. The van der Waals surface area contributed by atoms with Crippen LogP contribution in [0.4, 0.5) is 17.1 Å². The van der Waals surface area contributed by atoms with Crippen LogP contribution in [0.3, 0.4) is 0 Å². The Hall–Kier alpha value is -2.98. The monoisotopic (exact) mass is 413 g/mol. The molecule has 31 heavy (non-hydrogen) atoms. The topological polar surface area (TPSA) is 37.2 Å². The number of hydrogen-bond acceptors (Lipinski definition) is 4. The van der Waals surface area contributed by atoms with Crippen LogP contribution in [0.15, 0.2) is 77.0 Å². The molecule has 0 amide bonds. The predicted octanol–water partition coefficient (Wildman–Crippen LogP) is 7.21. The number of rotatable bonds is 4. The summed E-state index contributed by atoms with van der Waals surface area (Å²) < 4.78 is 5.45. The Balaban J connectivity index is 1.47. The molecule has 4 rings (SSSR count). The highest BCUT2D eigenvalue weighted by Crippen LogP contribution is 2.30. The van der Waals surface area contributed by atoms with Gasteiger partial charge in [-0.2, -0.15) is 10.2 Å². The first-order chi connectivity index (χ1) is 14.9. The summed E-state index contributed by atoms with van der Waals surface area (Å²) in [5, 5.41) is 8.92. The van der Waals surface area contributed by atoms with Crippen LogP contribution >= 0.6 is 0 Å². The van der Waals surface area contributed by atoms with Crippen molar-refractivity contribution >= 4 is 17.1 Å². The Kier molecular flexibility index (Phi) is 6.19. The van der Waals surface area contributed by atoms with Crippen molar-refractivity contribution in [1.29, 1.82) is 0 Å². The summed E-state index contributed by atoms with van der Waals surface area (Å²) in [4.78, 5) is 2.37. The van der Waals surface area contributed by atoms with E-state index in [0.29, 0.717) is 0 Å². The van der Waals surface area contributed by atoms with Gasteiger partial charge in [0.15, 0.2) is 0 Å². The van der Waals surface area contributed by atoms with E-state index in [9.17, 15) is 0 Å². The van der Waals surface area contributed by atoms with Crippen LogP contribution < -0.4 is 4.90 Å². The minimum Gasteiger partial charge on any atom is -0.378 e. The van der Waals surface area contributed by atoms with Crippen molar-refractivity contribution in [3.8, 4) is 11.1 Å². The van der Waals surface area contributed by atoms with Gasteiger partial charge in [-0.3, -0.25) is 0 Å². The zero-order valence-electron chi connectivity index (χ0n) is 18.9. The first kappa shape index (κ1) is 21.3. The van der Waals surface area contributed by atoms with Crippen LogP contribution in [0, 0.1) is 6.92 Å². The molecule has 1 aliphatic rings. The van der Waals surface area contributed by atoms with Crippen molar-refractivity contribution in [3.05, 3.63) is 77.9 Å². The minimum absolute atomic E-state index is 0.141. The number of azo groups is 1. The molecule has 0 radical (unpaired) electrons. The molecule has 0 saturated carbocycles. The van der Waals surface area contributed by atoms with Gasteiger partial charge in [0, 0.05) is 18.8 Å². The molecule has 0 aliphatic carbocycles. The SMILES string of the molecule is Cc1cc(-c2ccc(N3CCOCC3)cc2)ccc1N=Nc1ccc(C(C)(C)C)cc1. The number of aryl methyl sites for hydroxylation is 1. The largest absolute Gasteiger partial charge is 0.378 e. The Morgan fingerprint density at radius 1 is 0.774 bits per heavy atom. The molecule has 0 unspecified atom stereocenters.